The molecular formula is C19H14F3NO2. The second-order valence-corrected chi connectivity index (χ2v) is 5.54. The van der Waals surface area contributed by atoms with Crippen LogP contribution in [0.25, 0.3) is 22.0 Å². The van der Waals surface area contributed by atoms with E-state index in [2.05, 4.69) is 4.98 Å². The van der Waals surface area contributed by atoms with Crippen molar-refractivity contribution in [3.63, 3.8) is 0 Å². The van der Waals surface area contributed by atoms with Gasteiger partial charge in [0.1, 0.15) is 5.75 Å². The molecule has 3 rings (SSSR count). The Bertz CT molecular complexity index is 1010. The van der Waals surface area contributed by atoms with E-state index in [-0.39, 0.29) is 16.5 Å². The van der Waals surface area contributed by atoms with Crippen molar-refractivity contribution in [3.05, 3.63) is 70.0 Å². The Balaban J connectivity index is 2.49. The number of alkyl halides is 3. The minimum Gasteiger partial charge on any atom is -0.496 e. The van der Waals surface area contributed by atoms with E-state index in [0.29, 0.717) is 16.9 Å². The van der Waals surface area contributed by atoms with Crippen molar-refractivity contribution < 1.29 is 17.9 Å². The van der Waals surface area contributed by atoms with Crippen LogP contribution in [-0.2, 0) is 6.18 Å². The summed E-state index contributed by atoms with van der Waals surface area (Å²) >= 11 is 0. The second-order valence-electron chi connectivity index (χ2n) is 5.54. The Labute approximate surface area is 141 Å². The number of hydrogen-bond acceptors (Lipinski definition) is 3. The zero-order valence-electron chi connectivity index (χ0n) is 13.5. The number of para-hydroxylation sites is 1. The zero-order valence-corrected chi connectivity index (χ0v) is 13.5. The molecule has 2 aromatic carbocycles. The highest BCUT2D eigenvalue weighted by molar-refractivity contribution is 5.87. The highest BCUT2D eigenvalue weighted by atomic mass is 19.4. The summed E-state index contributed by atoms with van der Waals surface area (Å²) in [5, 5.41) is -0.124. The molecule has 1 heterocycles. The molecule has 0 bridgehead atoms. The first-order valence-corrected chi connectivity index (χ1v) is 7.48. The highest BCUT2D eigenvalue weighted by Crippen LogP contribution is 2.37. The first-order valence-electron chi connectivity index (χ1n) is 7.48. The molecule has 1 aromatic heterocycles. The minimum atomic E-state index is -4.55. The predicted octanol–water partition coefficient (Wildman–Crippen LogP) is 4.60. The lowest BCUT2D eigenvalue weighted by Crippen LogP contribution is -2.07. The van der Waals surface area contributed by atoms with Gasteiger partial charge in [-0.15, -0.1) is 0 Å². The van der Waals surface area contributed by atoms with Crippen LogP contribution < -0.4 is 10.3 Å². The van der Waals surface area contributed by atoms with Crippen LogP contribution in [0.1, 0.15) is 11.1 Å². The number of methoxy groups -OCH3 is 1. The second kappa shape index (κ2) is 6.20. The number of aromatic nitrogens is 1. The van der Waals surface area contributed by atoms with Gasteiger partial charge in [-0.05, 0) is 36.8 Å². The SMILES string of the molecule is COc1ccccc1-c1cc2c(C(F)(F)F)cccc2nc(=O)c1C. The van der Waals surface area contributed by atoms with Crippen LogP contribution in [-0.4, -0.2) is 12.1 Å². The first-order chi connectivity index (χ1) is 11.8. The molecule has 0 unspecified atom stereocenters. The van der Waals surface area contributed by atoms with Crippen LogP contribution in [0, 0.1) is 6.92 Å². The summed E-state index contributed by atoms with van der Waals surface area (Å²) in [6.45, 7) is 1.54. The molecule has 0 N–H and O–H groups in total. The van der Waals surface area contributed by atoms with E-state index >= 15 is 0 Å². The number of fused-ring (bicyclic) bond motifs is 1. The lowest BCUT2D eigenvalue weighted by atomic mass is 9.99. The van der Waals surface area contributed by atoms with E-state index in [4.69, 9.17) is 4.74 Å². The van der Waals surface area contributed by atoms with Gasteiger partial charge in [-0.1, -0.05) is 24.3 Å². The molecule has 0 fully saturated rings. The number of hydrogen-bond donors (Lipinski definition) is 0. The third-order valence-electron chi connectivity index (χ3n) is 4.02. The third kappa shape index (κ3) is 3.07. The van der Waals surface area contributed by atoms with Gasteiger partial charge in [0.2, 0.25) is 0 Å². The van der Waals surface area contributed by atoms with Gasteiger partial charge >= 0.3 is 6.18 Å². The van der Waals surface area contributed by atoms with Gasteiger partial charge in [-0.3, -0.25) is 4.79 Å². The molecule has 6 heteroatoms. The zero-order chi connectivity index (χ0) is 18.2. The molecule has 0 aliphatic carbocycles. The molecule has 0 spiro atoms. The van der Waals surface area contributed by atoms with Gasteiger partial charge in [0.05, 0.1) is 18.2 Å². The van der Waals surface area contributed by atoms with Gasteiger partial charge in [0.15, 0.2) is 0 Å². The molecule has 0 saturated heterocycles. The van der Waals surface area contributed by atoms with E-state index in [1.807, 2.05) is 0 Å². The largest absolute Gasteiger partial charge is 0.496 e. The lowest BCUT2D eigenvalue weighted by Gasteiger charge is -2.10. The minimum absolute atomic E-state index is 0.00377. The van der Waals surface area contributed by atoms with E-state index in [9.17, 15) is 18.0 Å². The fourth-order valence-electron chi connectivity index (χ4n) is 2.76. The van der Waals surface area contributed by atoms with E-state index in [1.54, 1.807) is 31.2 Å². The topological polar surface area (TPSA) is 39.2 Å². The van der Waals surface area contributed by atoms with Crippen molar-refractivity contribution in [3.8, 4) is 16.9 Å². The number of ether oxygens (including phenoxy) is 1. The Kier molecular flexibility index (Phi) is 4.20. The normalized spacial score (nSPS) is 11.6. The number of rotatable bonds is 2. The van der Waals surface area contributed by atoms with Crippen molar-refractivity contribution in [1.82, 2.24) is 4.98 Å². The van der Waals surface area contributed by atoms with Crippen LogP contribution in [0.2, 0.25) is 0 Å². The average Bonchev–Trinajstić information content (AvgIpc) is 2.70. The quantitative estimate of drug-likeness (QED) is 0.681. The van der Waals surface area contributed by atoms with Gasteiger partial charge in [0.25, 0.3) is 5.56 Å². The molecule has 0 radical (unpaired) electrons. The van der Waals surface area contributed by atoms with Crippen LogP contribution in [0.3, 0.4) is 0 Å². The van der Waals surface area contributed by atoms with Crippen molar-refractivity contribution in [2.45, 2.75) is 13.1 Å². The summed E-state index contributed by atoms with van der Waals surface area (Å²) in [7, 11) is 1.46. The average molecular weight is 345 g/mol. The van der Waals surface area contributed by atoms with Crippen molar-refractivity contribution >= 4 is 10.9 Å². The molecule has 3 aromatic rings. The summed E-state index contributed by atoms with van der Waals surface area (Å²) in [6.07, 6.45) is -4.55. The van der Waals surface area contributed by atoms with Gasteiger partial charge in [-0.25, -0.2) is 4.98 Å². The van der Waals surface area contributed by atoms with Crippen LogP contribution in [0.4, 0.5) is 13.2 Å². The fourth-order valence-corrected chi connectivity index (χ4v) is 2.76. The molecule has 3 nitrogen and oxygen atoms in total. The monoisotopic (exact) mass is 345 g/mol. The predicted molar refractivity (Wildman–Crippen MR) is 89.7 cm³/mol. The molecule has 25 heavy (non-hydrogen) atoms. The molecule has 0 saturated carbocycles. The number of benzene rings is 2. The Morgan fingerprint density at radius 1 is 1.00 bits per heavy atom. The molecule has 0 aliphatic rings. The van der Waals surface area contributed by atoms with Crippen molar-refractivity contribution in [2.24, 2.45) is 0 Å². The summed E-state index contributed by atoms with van der Waals surface area (Å²) in [5.41, 5.74) is -0.241. The summed E-state index contributed by atoms with van der Waals surface area (Å²) in [6, 6.07) is 11.9. The molecule has 128 valence electrons. The Morgan fingerprint density at radius 3 is 2.40 bits per heavy atom. The number of nitrogens with zero attached hydrogens (tertiary/aromatic N) is 1. The summed E-state index contributed by atoms with van der Waals surface area (Å²) in [5.74, 6) is 0.467. The lowest BCUT2D eigenvalue weighted by molar-refractivity contribution is -0.136. The van der Waals surface area contributed by atoms with Crippen molar-refractivity contribution in [2.75, 3.05) is 7.11 Å². The van der Waals surface area contributed by atoms with Gasteiger partial charge in [-0.2, -0.15) is 13.2 Å². The Morgan fingerprint density at radius 2 is 1.72 bits per heavy atom. The standard InChI is InChI=1S/C19H14F3NO2/c1-11-13(12-6-3-4-9-17(12)25-2)10-14-15(19(20,21)22)7-5-8-16(14)23-18(11)24/h3-10H,1-2H3. The number of halogens is 3. The van der Waals surface area contributed by atoms with Gasteiger partial charge < -0.3 is 4.74 Å². The molecule has 0 aliphatic heterocycles. The van der Waals surface area contributed by atoms with Crippen LogP contribution in [0.15, 0.2) is 53.3 Å². The van der Waals surface area contributed by atoms with Crippen molar-refractivity contribution in [1.29, 1.82) is 0 Å². The van der Waals surface area contributed by atoms with E-state index < -0.39 is 17.3 Å². The molecule has 0 atom stereocenters. The van der Waals surface area contributed by atoms with Gasteiger partial charge in [0, 0.05) is 16.5 Å². The summed E-state index contributed by atoms with van der Waals surface area (Å²) < 4.78 is 45.5. The van der Waals surface area contributed by atoms with E-state index in [0.717, 1.165) is 6.07 Å². The molecule has 0 amide bonds. The maximum Gasteiger partial charge on any atom is 0.417 e. The molecular weight excluding hydrogens is 331 g/mol. The first kappa shape index (κ1) is 17.0. The fraction of sp³-hybridized carbons (Fsp3) is 0.158. The summed E-state index contributed by atoms with van der Waals surface area (Å²) in [4.78, 5) is 16.2. The Hall–Kier alpha value is -2.89. The maximum atomic E-state index is 13.4. The van der Waals surface area contributed by atoms with Crippen LogP contribution in [0.5, 0.6) is 5.75 Å². The van der Waals surface area contributed by atoms with Crippen LogP contribution >= 0.6 is 0 Å². The maximum absolute atomic E-state index is 13.4. The van der Waals surface area contributed by atoms with E-state index in [1.165, 1.54) is 25.3 Å². The highest BCUT2D eigenvalue weighted by Gasteiger charge is 2.32. The third-order valence-corrected chi connectivity index (χ3v) is 4.02. The smallest absolute Gasteiger partial charge is 0.417 e.